The minimum absolute atomic E-state index is 0. The Morgan fingerprint density at radius 2 is 2.00 bits per heavy atom. The van der Waals surface area contributed by atoms with Crippen molar-refractivity contribution in [2.24, 2.45) is 0 Å². The van der Waals surface area contributed by atoms with Gasteiger partial charge in [0.2, 0.25) is 0 Å². The summed E-state index contributed by atoms with van der Waals surface area (Å²) >= 11 is 0. The van der Waals surface area contributed by atoms with Crippen LogP contribution in [0.15, 0.2) is 24.3 Å². The lowest BCUT2D eigenvalue weighted by Crippen LogP contribution is -2.00. The molecule has 1 aromatic rings. The van der Waals surface area contributed by atoms with Crippen LogP contribution in [-0.4, -0.2) is 18.2 Å². The highest BCUT2D eigenvalue weighted by molar-refractivity contribution is 5.92. The summed E-state index contributed by atoms with van der Waals surface area (Å²) in [5.74, 6) is -0.581. The maximum absolute atomic E-state index is 10.9. The van der Waals surface area contributed by atoms with Crippen molar-refractivity contribution in [1.82, 2.24) is 6.15 Å². The van der Waals surface area contributed by atoms with Crippen molar-refractivity contribution in [3.8, 4) is 5.75 Å². The third-order valence-corrected chi connectivity index (χ3v) is 1.31. The minimum Gasteiger partial charge on any atom is -0.507 e. The molecule has 0 aliphatic carbocycles. The van der Waals surface area contributed by atoms with Crippen molar-refractivity contribution in [2.75, 3.05) is 7.11 Å². The molecule has 0 atom stereocenters. The van der Waals surface area contributed by atoms with Gasteiger partial charge in [-0.05, 0) is 12.1 Å². The van der Waals surface area contributed by atoms with Crippen LogP contribution in [0.2, 0.25) is 0 Å². The Kier molecular flexibility index (Phi) is 3.79. The predicted molar refractivity (Wildman–Crippen MR) is 44.5 cm³/mol. The van der Waals surface area contributed by atoms with Crippen molar-refractivity contribution >= 4 is 5.97 Å². The van der Waals surface area contributed by atoms with E-state index in [9.17, 15) is 4.79 Å². The molecule has 0 radical (unpaired) electrons. The van der Waals surface area contributed by atoms with Gasteiger partial charge in [-0.1, -0.05) is 12.1 Å². The molecule has 1 rings (SSSR count). The topological polar surface area (TPSA) is 81.5 Å². The molecule has 0 fully saturated rings. The number of phenolic OH excluding ortho intramolecular Hbond substituents is 1. The van der Waals surface area contributed by atoms with Gasteiger partial charge in [0, 0.05) is 0 Å². The molecular formula is C8H11NO3. The molecule has 0 heterocycles. The van der Waals surface area contributed by atoms with Crippen LogP contribution in [0.5, 0.6) is 5.75 Å². The number of aromatic hydroxyl groups is 1. The van der Waals surface area contributed by atoms with Crippen molar-refractivity contribution < 1.29 is 14.6 Å². The van der Waals surface area contributed by atoms with E-state index in [4.69, 9.17) is 5.11 Å². The van der Waals surface area contributed by atoms with Crippen LogP contribution >= 0.6 is 0 Å². The molecule has 0 spiro atoms. The van der Waals surface area contributed by atoms with E-state index in [1.807, 2.05) is 0 Å². The van der Waals surface area contributed by atoms with Crippen LogP contribution in [-0.2, 0) is 4.74 Å². The molecule has 0 aromatic heterocycles. The monoisotopic (exact) mass is 169 g/mol. The quantitative estimate of drug-likeness (QED) is 0.621. The van der Waals surface area contributed by atoms with Crippen LogP contribution in [0.25, 0.3) is 0 Å². The molecule has 4 heteroatoms. The van der Waals surface area contributed by atoms with E-state index < -0.39 is 5.97 Å². The standard InChI is InChI=1S/C8H8O3.H3N/c1-11-8(10)6-4-2-3-5-7(6)9;/h2-5,9H,1H3;1H3. The molecule has 12 heavy (non-hydrogen) atoms. The van der Waals surface area contributed by atoms with Gasteiger partial charge in [-0.25, -0.2) is 4.79 Å². The predicted octanol–water partition coefficient (Wildman–Crippen LogP) is 1.34. The zero-order valence-corrected chi connectivity index (χ0v) is 6.78. The molecule has 0 unspecified atom stereocenters. The average Bonchev–Trinajstić information content (AvgIpc) is 2.04. The van der Waals surface area contributed by atoms with Gasteiger partial charge in [0.1, 0.15) is 11.3 Å². The number of rotatable bonds is 1. The lowest BCUT2D eigenvalue weighted by molar-refractivity contribution is 0.0597. The van der Waals surface area contributed by atoms with Crippen LogP contribution in [0, 0.1) is 0 Å². The van der Waals surface area contributed by atoms with E-state index in [1.54, 1.807) is 12.1 Å². The van der Waals surface area contributed by atoms with Crippen LogP contribution in [0.3, 0.4) is 0 Å². The Morgan fingerprint density at radius 1 is 1.42 bits per heavy atom. The fourth-order valence-corrected chi connectivity index (χ4v) is 0.756. The summed E-state index contributed by atoms with van der Waals surface area (Å²) in [5, 5.41) is 9.11. The largest absolute Gasteiger partial charge is 0.507 e. The van der Waals surface area contributed by atoms with Gasteiger partial charge in [0.25, 0.3) is 0 Å². The van der Waals surface area contributed by atoms with E-state index in [1.165, 1.54) is 19.2 Å². The Balaban J connectivity index is 0.00000121. The van der Waals surface area contributed by atoms with Gasteiger partial charge in [0.15, 0.2) is 0 Å². The maximum atomic E-state index is 10.9. The van der Waals surface area contributed by atoms with Crippen molar-refractivity contribution in [2.45, 2.75) is 0 Å². The number of methoxy groups -OCH3 is 1. The first-order valence-corrected chi connectivity index (χ1v) is 3.12. The molecule has 0 saturated heterocycles. The molecule has 0 aliphatic heterocycles. The molecule has 66 valence electrons. The zero-order chi connectivity index (χ0) is 8.27. The van der Waals surface area contributed by atoms with Crippen LogP contribution in [0.4, 0.5) is 0 Å². The number of hydrogen-bond acceptors (Lipinski definition) is 4. The molecule has 0 amide bonds. The first kappa shape index (κ1) is 10.4. The molecule has 4 N–H and O–H groups in total. The average molecular weight is 169 g/mol. The van der Waals surface area contributed by atoms with Crippen molar-refractivity contribution in [3.63, 3.8) is 0 Å². The summed E-state index contributed by atoms with van der Waals surface area (Å²) in [7, 11) is 1.27. The van der Waals surface area contributed by atoms with E-state index >= 15 is 0 Å². The smallest absolute Gasteiger partial charge is 0.341 e. The first-order chi connectivity index (χ1) is 5.25. The van der Waals surface area contributed by atoms with Crippen LogP contribution < -0.4 is 6.15 Å². The molecule has 4 nitrogen and oxygen atoms in total. The van der Waals surface area contributed by atoms with E-state index in [0.29, 0.717) is 0 Å². The lowest BCUT2D eigenvalue weighted by Gasteiger charge is -1.99. The second-order valence-corrected chi connectivity index (χ2v) is 2.01. The number of carbonyl (C=O) groups is 1. The summed E-state index contributed by atoms with van der Waals surface area (Å²) in [6.07, 6.45) is 0. The third-order valence-electron chi connectivity index (χ3n) is 1.31. The van der Waals surface area contributed by atoms with Crippen molar-refractivity contribution in [3.05, 3.63) is 29.8 Å². The van der Waals surface area contributed by atoms with Gasteiger partial charge >= 0.3 is 5.97 Å². The molecule has 1 aromatic carbocycles. The number of hydrogen-bond donors (Lipinski definition) is 2. The summed E-state index contributed by atoms with van der Waals surface area (Å²) in [5.41, 5.74) is 0.190. The Bertz CT molecular complexity index is 273. The van der Waals surface area contributed by atoms with E-state index in [0.717, 1.165) is 0 Å². The van der Waals surface area contributed by atoms with E-state index in [-0.39, 0.29) is 17.5 Å². The number of esters is 1. The molecule has 0 bridgehead atoms. The number of para-hydroxylation sites is 1. The van der Waals surface area contributed by atoms with Gasteiger partial charge in [-0.2, -0.15) is 0 Å². The number of phenols is 1. The number of ether oxygens (including phenoxy) is 1. The molecule has 0 saturated carbocycles. The SMILES string of the molecule is COC(=O)c1ccccc1O.N. The molecular weight excluding hydrogens is 158 g/mol. The fraction of sp³-hybridized carbons (Fsp3) is 0.125. The maximum Gasteiger partial charge on any atom is 0.341 e. The minimum atomic E-state index is -0.525. The zero-order valence-electron chi connectivity index (χ0n) is 6.78. The summed E-state index contributed by atoms with van der Waals surface area (Å²) in [6.45, 7) is 0. The number of carbonyl (C=O) groups excluding carboxylic acids is 1. The van der Waals surface area contributed by atoms with E-state index in [2.05, 4.69) is 4.74 Å². The highest BCUT2D eigenvalue weighted by Gasteiger charge is 2.08. The summed E-state index contributed by atoms with van der Waals surface area (Å²) < 4.78 is 4.42. The van der Waals surface area contributed by atoms with Gasteiger partial charge in [-0.3, -0.25) is 0 Å². The fourth-order valence-electron chi connectivity index (χ4n) is 0.756. The van der Waals surface area contributed by atoms with Gasteiger partial charge < -0.3 is 16.0 Å². The Morgan fingerprint density at radius 3 is 2.50 bits per heavy atom. The molecule has 0 aliphatic rings. The summed E-state index contributed by atoms with van der Waals surface area (Å²) in [4.78, 5) is 10.9. The third kappa shape index (κ3) is 1.96. The van der Waals surface area contributed by atoms with Gasteiger partial charge in [0.05, 0.1) is 7.11 Å². The Hall–Kier alpha value is -1.55. The number of benzene rings is 1. The van der Waals surface area contributed by atoms with Crippen LogP contribution in [0.1, 0.15) is 10.4 Å². The lowest BCUT2D eigenvalue weighted by atomic mass is 10.2. The second-order valence-electron chi connectivity index (χ2n) is 2.01. The summed E-state index contributed by atoms with van der Waals surface area (Å²) in [6, 6.07) is 6.24. The second kappa shape index (κ2) is 4.35. The highest BCUT2D eigenvalue weighted by Crippen LogP contribution is 2.15. The first-order valence-electron chi connectivity index (χ1n) is 3.12. The van der Waals surface area contributed by atoms with Crippen molar-refractivity contribution in [1.29, 1.82) is 0 Å². The Labute approximate surface area is 70.4 Å². The highest BCUT2D eigenvalue weighted by atomic mass is 16.5. The van der Waals surface area contributed by atoms with Gasteiger partial charge in [-0.15, -0.1) is 0 Å². The normalized spacial score (nSPS) is 8.42.